The fraction of sp³-hybridized carbons (Fsp3) is 0.353. The maximum absolute atomic E-state index is 5.84. The van der Waals surface area contributed by atoms with Crippen molar-refractivity contribution in [2.75, 3.05) is 37.3 Å². The lowest BCUT2D eigenvalue weighted by Crippen LogP contribution is -2.47. The minimum absolute atomic E-state index is 0.333. The maximum atomic E-state index is 5.84. The van der Waals surface area contributed by atoms with Crippen molar-refractivity contribution in [1.29, 1.82) is 0 Å². The van der Waals surface area contributed by atoms with Crippen LogP contribution < -0.4 is 10.6 Å². The fourth-order valence-electron chi connectivity index (χ4n) is 3.02. The van der Waals surface area contributed by atoms with Gasteiger partial charge in [0.2, 0.25) is 0 Å². The zero-order valence-electron chi connectivity index (χ0n) is 12.7. The van der Waals surface area contributed by atoms with Crippen LogP contribution >= 0.6 is 0 Å². The number of nitrogen functional groups attached to an aromatic ring is 1. The van der Waals surface area contributed by atoms with E-state index in [0.717, 1.165) is 36.7 Å². The minimum atomic E-state index is 0.333. The second kappa shape index (κ2) is 5.74. The lowest BCUT2D eigenvalue weighted by Gasteiger charge is -2.41. The van der Waals surface area contributed by atoms with Gasteiger partial charge in [0.1, 0.15) is 5.82 Å². The van der Waals surface area contributed by atoms with E-state index in [1.807, 2.05) is 6.07 Å². The van der Waals surface area contributed by atoms with Crippen LogP contribution in [0.25, 0.3) is 0 Å². The second-order valence-electron chi connectivity index (χ2n) is 5.79. The Morgan fingerprint density at radius 2 is 1.95 bits per heavy atom. The summed E-state index contributed by atoms with van der Waals surface area (Å²) >= 11 is 0. The SMILES string of the molecule is Cc1cc(N)cnc1N1CCN(C)CC1c1ccccc1. The predicted octanol–water partition coefficient (Wildman–Crippen LogP) is 2.47. The molecule has 0 aliphatic carbocycles. The van der Waals surface area contributed by atoms with Gasteiger partial charge in [-0.05, 0) is 31.2 Å². The molecule has 0 amide bonds. The van der Waals surface area contributed by atoms with Crippen LogP contribution in [0.15, 0.2) is 42.6 Å². The normalized spacial score (nSPS) is 19.7. The van der Waals surface area contributed by atoms with Crippen molar-refractivity contribution in [2.24, 2.45) is 0 Å². The summed E-state index contributed by atoms with van der Waals surface area (Å²) in [5.74, 6) is 1.05. The Labute approximate surface area is 126 Å². The third-order valence-corrected chi connectivity index (χ3v) is 4.11. The van der Waals surface area contributed by atoms with Crippen LogP contribution in [0.4, 0.5) is 11.5 Å². The number of hydrogen-bond donors (Lipinski definition) is 1. The molecule has 1 unspecified atom stereocenters. The average molecular weight is 282 g/mol. The van der Waals surface area contributed by atoms with E-state index in [-0.39, 0.29) is 0 Å². The summed E-state index contributed by atoms with van der Waals surface area (Å²) in [7, 11) is 2.18. The smallest absolute Gasteiger partial charge is 0.132 e. The van der Waals surface area contributed by atoms with Crippen molar-refractivity contribution in [3.8, 4) is 0 Å². The van der Waals surface area contributed by atoms with Crippen molar-refractivity contribution in [1.82, 2.24) is 9.88 Å². The maximum Gasteiger partial charge on any atom is 0.132 e. The van der Waals surface area contributed by atoms with Crippen LogP contribution in [-0.4, -0.2) is 36.6 Å². The van der Waals surface area contributed by atoms with E-state index in [1.165, 1.54) is 5.56 Å². The van der Waals surface area contributed by atoms with Crippen molar-refractivity contribution in [2.45, 2.75) is 13.0 Å². The van der Waals surface area contributed by atoms with Crippen LogP contribution in [-0.2, 0) is 0 Å². The Hall–Kier alpha value is -2.07. The number of nitrogens with zero attached hydrogens (tertiary/aromatic N) is 3. The summed E-state index contributed by atoms with van der Waals surface area (Å²) in [6.45, 7) is 5.12. The zero-order chi connectivity index (χ0) is 14.8. The van der Waals surface area contributed by atoms with Crippen LogP contribution in [0.1, 0.15) is 17.2 Å². The number of aryl methyl sites for hydroxylation is 1. The molecule has 3 rings (SSSR count). The predicted molar refractivity (Wildman–Crippen MR) is 87.4 cm³/mol. The first-order valence-corrected chi connectivity index (χ1v) is 7.37. The summed E-state index contributed by atoms with van der Waals surface area (Å²) in [6, 6.07) is 13.0. The Bertz CT molecular complexity index is 611. The van der Waals surface area contributed by atoms with E-state index in [4.69, 9.17) is 5.73 Å². The molecule has 1 saturated heterocycles. The van der Waals surface area contributed by atoms with Gasteiger partial charge in [-0.2, -0.15) is 0 Å². The highest BCUT2D eigenvalue weighted by atomic mass is 15.3. The van der Waals surface area contributed by atoms with Gasteiger partial charge < -0.3 is 15.5 Å². The number of anilines is 2. The lowest BCUT2D eigenvalue weighted by molar-refractivity contribution is 0.268. The summed E-state index contributed by atoms with van der Waals surface area (Å²) in [6.07, 6.45) is 1.75. The van der Waals surface area contributed by atoms with Gasteiger partial charge in [0.15, 0.2) is 0 Å². The van der Waals surface area contributed by atoms with Crippen molar-refractivity contribution < 1.29 is 0 Å². The van der Waals surface area contributed by atoms with Crippen LogP contribution in [0.5, 0.6) is 0 Å². The minimum Gasteiger partial charge on any atom is -0.397 e. The highest BCUT2D eigenvalue weighted by molar-refractivity contribution is 5.54. The first-order chi connectivity index (χ1) is 10.1. The summed E-state index contributed by atoms with van der Waals surface area (Å²) in [5, 5.41) is 0. The largest absolute Gasteiger partial charge is 0.397 e. The molecule has 1 fully saturated rings. The van der Waals surface area contributed by atoms with Gasteiger partial charge >= 0.3 is 0 Å². The van der Waals surface area contributed by atoms with Crippen LogP contribution in [0.3, 0.4) is 0 Å². The molecule has 0 saturated carbocycles. The lowest BCUT2D eigenvalue weighted by atomic mass is 10.0. The second-order valence-corrected chi connectivity index (χ2v) is 5.79. The van der Waals surface area contributed by atoms with Gasteiger partial charge in [0.25, 0.3) is 0 Å². The molecule has 110 valence electrons. The number of hydrogen-bond acceptors (Lipinski definition) is 4. The van der Waals surface area contributed by atoms with Gasteiger partial charge in [0.05, 0.1) is 17.9 Å². The Balaban J connectivity index is 1.98. The van der Waals surface area contributed by atoms with Gasteiger partial charge in [-0.25, -0.2) is 4.98 Å². The molecule has 2 N–H and O–H groups in total. The summed E-state index contributed by atoms with van der Waals surface area (Å²) in [5.41, 5.74) is 9.03. The van der Waals surface area contributed by atoms with Crippen molar-refractivity contribution >= 4 is 11.5 Å². The first-order valence-electron chi connectivity index (χ1n) is 7.37. The molecule has 0 spiro atoms. The van der Waals surface area contributed by atoms with Crippen molar-refractivity contribution in [3.05, 3.63) is 53.7 Å². The molecule has 1 aromatic carbocycles. The number of piperazine rings is 1. The third-order valence-electron chi connectivity index (χ3n) is 4.11. The van der Waals surface area contributed by atoms with E-state index in [0.29, 0.717) is 6.04 Å². The number of nitrogens with two attached hydrogens (primary N) is 1. The molecule has 1 aromatic heterocycles. The third kappa shape index (κ3) is 2.85. The number of benzene rings is 1. The number of pyridine rings is 1. The van der Waals surface area contributed by atoms with E-state index in [1.54, 1.807) is 6.20 Å². The highest BCUT2D eigenvalue weighted by Gasteiger charge is 2.28. The molecule has 4 nitrogen and oxygen atoms in total. The molecular weight excluding hydrogens is 260 g/mol. The molecular formula is C17H22N4. The zero-order valence-corrected chi connectivity index (χ0v) is 12.7. The van der Waals surface area contributed by atoms with E-state index >= 15 is 0 Å². The number of rotatable bonds is 2. The fourth-order valence-corrected chi connectivity index (χ4v) is 3.02. The molecule has 1 aliphatic heterocycles. The quantitative estimate of drug-likeness (QED) is 0.919. The Morgan fingerprint density at radius 1 is 1.19 bits per heavy atom. The first kappa shape index (κ1) is 13.9. The van der Waals surface area contributed by atoms with Gasteiger partial charge in [0, 0.05) is 19.6 Å². The molecule has 0 radical (unpaired) electrons. The topological polar surface area (TPSA) is 45.4 Å². The number of aromatic nitrogens is 1. The standard InChI is InChI=1S/C17H22N4/c1-13-10-15(18)11-19-17(13)21-9-8-20(2)12-16(21)14-6-4-3-5-7-14/h3-7,10-11,16H,8-9,12,18H2,1-2H3. The van der Waals surface area contributed by atoms with Gasteiger partial charge in [-0.1, -0.05) is 30.3 Å². The summed E-state index contributed by atoms with van der Waals surface area (Å²) in [4.78, 5) is 9.37. The van der Waals surface area contributed by atoms with E-state index in [2.05, 4.69) is 59.1 Å². The molecule has 4 heteroatoms. The monoisotopic (exact) mass is 282 g/mol. The van der Waals surface area contributed by atoms with E-state index < -0.39 is 0 Å². The molecule has 0 bridgehead atoms. The van der Waals surface area contributed by atoms with E-state index in [9.17, 15) is 0 Å². The van der Waals surface area contributed by atoms with Crippen LogP contribution in [0.2, 0.25) is 0 Å². The van der Waals surface area contributed by atoms with Crippen LogP contribution in [0, 0.1) is 6.92 Å². The highest BCUT2D eigenvalue weighted by Crippen LogP contribution is 2.31. The molecule has 2 aromatic rings. The van der Waals surface area contributed by atoms with Gasteiger partial charge in [-0.3, -0.25) is 0 Å². The number of likely N-dealkylation sites (N-methyl/N-ethyl adjacent to an activating group) is 1. The molecule has 2 heterocycles. The van der Waals surface area contributed by atoms with Crippen molar-refractivity contribution in [3.63, 3.8) is 0 Å². The molecule has 1 aliphatic rings. The molecule has 1 atom stereocenters. The molecule has 21 heavy (non-hydrogen) atoms. The van der Waals surface area contributed by atoms with Gasteiger partial charge in [-0.15, -0.1) is 0 Å². The Kier molecular flexibility index (Phi) is 3.80. The average Bonchev–Trinajstić information content (AvgIpc) is 2.49. The Morgan fingerprint density at radius 3 is 2.67 bits per heavy atom. The summed E-state index contributed by atoms with van der Waals surface area (Å²) < 4.78 is 0.